The highest BCUT2D eigenvalue weighted by atomic mass is 16.5. The van der Waals surface area contributed by atoms with E-state index in [0.717, 1.165) is 10.8 Å². The highest BCUT2D eigenvalue weighted by Crippen LogP contribution is 2.27. The molecule has 0 aliphatic carbocycles. The Balaban J connectivity index is 1.33. The summed E-state index contributed by atoms with van der Waals surface area (Å²) in [6.07, 6.45) is 0.0514. The molecule has 0 bridgehead atoms. The number of ether oxygens (including phenoxy) is 2. The van der Waals surface area contributed by atoms with Crippen LogP contribution < -0.4 is 15.0 Å². The monoisotopic (exact) mass is 418 g/mol. The third-order valence-corrected chi connectivity index (χ3v) is 5.25. The fourth-order valence-electron chi connectivity index (χ4n) is 3.65. The van der Waals surface area contributed by atoms with Gasteiger partial charge in [-0.3, -0.25) is 14.4 Å². The van der Waals surface area contributed by atoms with E-state index in [9.17, 15) is 14.4 Å². The number of fused-ring (bicyclic) bond motifs is 1. The highest BCUT2D eigenvalue weighted by Gasteiger charge is 2.36. The predicted octanol–water partition coefficient (Wildman–Crippen LogP) is 3.38. The second-order valence-corrected chi connectivity index (χ2v) is 7.29. The van der Waals surface area contributed by atoms with Crippen LogP contribution in [0, 0.1) is 5.92 Å². The van der Waals surface area contributed by atoms with Gasteiger partial charge in [-0.2, -0.15) is 0 Å². The summed E-state index contributed by atoms with van der Waals surface area (Å²) in [6.45, 7) is -0.190. The van der Waals surface area contributed by atoms with Crippen LogP contribution in [0.4, 0.5) is 11.4 Å². The van der Waals surface area contributed by atoms with Gasteiger partial charge in [-0.25, -0.2) is 0 Å². The van der Waals surface area contributed by atoms with Gasteiger partial charge in [0.1, 0.15) is 5.75 Å². The molecule has 0 aromatic heterocycles. The first-order valence-corrected chi connectivity index (χ1v) is 9.94. The Morgan fingerprint density at radius 1 is 1.03 bits per heavy atom. The normalized spacial score (nSPS) is 15.7. The summed E-state index contributed by atoms with van der Waals surface area (Å²) >= 11 is 0. The largest absolute Gasteiger partial charge is 0.497 e. The van der Waals surface area contributed by atoms with Crippen LogP contribution in [0.2, 0.25) is 0 Å². The Morgan fingerprint density at radius 3 is 2.55 bits per heavy atom. The molecule has 1 aliphatic rings. The number of hydrogen-bond donors (Lipinski definition) is 1. The van der Waals surface area contributed by atoms with Crippen LogP contribution in [0.15, 0.2) is 66.7 Å². The van der Waals surface area contributed by atoms with E-state index in [-0.39, 0.29) is 18.9 Å². The van der Waals surface area contributed by atoms with Crippen molar-refractivity contribution in [1.82, 2.24) is 0 Å². The third-order valence-electron chi connectivity index (χ3n) is 5.25. The summed E-state index contributed by atoms with van der Waals surface area (Å²) < 4.78 is 10.3. The number of methoxy groups -OCH3 is 1. The van der Waals surface area contributed by atoms with E-state index in [0.29, 0.717) is 17.1 Å². The van der Waals surface area contributed by atoms with Crippen molar-refractivity contribution in [3.05, 3.63) is 66.7 Å². The van der Waals surface area contributed by atoms with Crippen molar-refractivity contribution in [1.29, 1.82) is 0 Å². The van der Waals surface area contributed by atoms with Crippen molar-refractivity contribution < 1.29 is 23.9 Å². The molecule has 7 nitrogen and oxygen atoms in total. The van der Waals surface area contributed by atoms with E-state index in [1.54, 1.807) is 42.3 Å². The molecule has 7 heteroatoms. The minimum absolute atomic E-state index is 0.0514. The number of nitrogens with zero attached hydrogens (tertiary/aromatic N) is 1. The standard InChI is InChI=1S/C24H22N2O5/c1-30-19-11-9-18(10-12-19)26-14-17(13-23(26)28)24(29)31-15-22(27)25-21-8-4-6-16-5-2-3-7-20(16)21/h2-12,17H,13-15H2,1H3,(H,25,27)/t17-/m0/s1. The van der Waals surface area contributed by atoms with E-state index in [2.05, 4.69) is 5.32 Å². The van der Waals surface area contributed by atoms with Crippen LogP contribution in [-0.2, 0) is 19.1 Å². The maximum absolute atomic E-state index is 12.4. The number of carbonyl (C=O) groups excluding carboxylic acids is 3. The van der Waals surface area contributed by atoms with Crippen molar-refractivity contribution in [3.8, 4) is 5.75 Å². The lowest BCUT2D eigenvalue weighted by Crippen LogP contribution is -2.28. The van der Waals surface area contributed by atoms with Gasteiger partial charge in [-0.05, 0) is 35.7 Å². The Bertz CT molecular complexity index is 1120. The molecule has 4 rings (SSSR count). The summed E-state index contributed by atoms with van der Waals surface area (Å²) in [5, 5.41) is 4.68. The molecule has 3 aromatic carbocycles. The maximum atomic E-state index is 12.4. The number of esters is 1. The van der Waals surface area contributed by atoms with Crippen molar-refractivity contribution in [2.75, 3.05) is 30.5 Å². The van der Waals surface area contributed by atoms with E-state index in [1.807, 2.05) is 36.4 Å². The molecule has 1 heterocycles. The summed E-state index contributed by atoms with van der Waals surface area (Å²) in [7, 11) is 1.57. The van der Waals surface area contributed by atoms with Gasteiger partial charge in [0.15, 0.2) is 6.61 Å². The third kappa shape index (κ3) is 4.50. The molecule has 1 N–H and O–H groups in total. The Morgan fingerprint density at radius 2 is 1.77 bits per heavy atom. The lowest BCUT2D eigenvalue weighted by molar-refractivity contribution is -0.151. The van der Waals surface area contributed by atoms with Crippen LogP contribution in [0.25, 0.3) is 10.8 Å². The van der Waals surface area contributed by atoms with Crippen LogP contribution in [0.1, 0.15) is 6.42 Å². The zero-order valence-electron chi connectivity index (χ0n) is 17.0. The van der Waals surface area contributed by atoms with Gasteiger partial charge in [0.25, 0.3) is 5.91 Å². The summed E-state index contributed by atoms with van der Waals surface area (Å²) in [6, 6.07) is 20.3. The zero-order valence-corrected chi connectivity index (χ0v) is 17.0. The minimum Gasteiger partial charge on any atom is -0.497 e. The van der Waals surface area contributed by atoms with Gasteiger partial charge >= 0.3 is 5.97 Å². The smallest absolute Gasteiger partial charge is 0.311 e. The van der Waals surface area contributed by atoms with E-state index < -0.39 is 24.4 Å². The van der Waals surface area contributed by atoms with Crippen molar-refractivity contribution in [2.45, 2.75) is 6.42 Å². The average molecular weight is 418 g/mol. The van der Waals surface area contributed by atoms with Gasteiger partial charge in [-0.15, -0.1) is 0 Å². The summed E-state index contributed by atoms with van der Waals surface area (Å²) in [4.78, 5) is 38.6. The number of hydrogen-bond acceptors (Lipinski definition) is 5. The van der Waals surface area contributed by atoms with Gasteiger partial charge < -0.3 is 19.7 Å². The van der Waals surface area contributed by atoms with Crippen LogP contribution in [0.5, 0.6) is 5.75 Å². The maximum Gasteiger partial charge on any atom is 0.311 e. The quantitative estimate of drug-likeness (QED) is 0.621. The molecule has 0 radical (unpaired) electrons. The minimum atomic E-state index is -0.611. The lowest BCUT2D eigenvalue weighted by Gasteiger charge is -2.17. The number of nitrogens with one attached hydrogen (secondary N) is 1. The second-order valence-electron chi connectivity index (χ2n) is 7.29. The Kier molecular flexibility index (Phi) is 5.84. The molecule has 1 aliphatic heterocycles. The summed E-state index contributed by atoms with van der Waals surface area (Å²) in [5.41, 5.74) is 1.34. The van der Waals surface area contributed by atoms with Crippen LogP contribution in [0.3, 0.4) is 0 Å². The van der Waals surface area contributed by atoms with Crippen molar-refractivity contribution in [2.24, 2.45) is 5.92 Å². The molecule has 158 valence electrons. The molecular formula is C24H22N2O5. The van der Waals surface area contributed by atoms with Gasteiger partial charge in [-0.1, -0.05) is 36.4 Å². The van der Waals surface area contributed by atoms with Crippen LogP contribution in [-0.4, -0.2) is 38.0 Å². The molecule has 0 unspecified atom stereocenters. The molecule has 31 heavy (non-hydrogen) atoms. The van der Waals surface area contributed by atoms with E-state index >= 15 is 0 Å². The number of rotatable bonds is 6. The average Bonchev–Trinajstić information content (AvgIpc) is 3.19. The van der Waals surface area contributed by atoms with Gasteiger partial charge in [0.2, 0.25) is 5.91 Å². The fourth-order valence-corrected chi connectivity index (χ4v) is 3.65. The number of anilines is 2. The fraction of sp³-hybridized carbons (Fsp3) is 0.208. The first-order valence-electron chi connectivity index (χ1n) is 9.94. The van der Waals surface area contributed by atoms with Gasteiger partial charge in [0, 0.05) is 29.7 Å². The lowest BCUT2D eigenvalue weighted by atomic mass is 10.1. The topological polar surface area (TPSA) is 84.9 Å². The number of amides is 2. The van der Waals surface area contributed by atoms with E-state index in [4.69, 9.17) is 9.47 Å². The van der Waals surface area contributed by atoms with Crippen molar-refractivity contribution >= 4 is 39.9 Å². The van der Waals surface area contributed by atoms with E-state index in [1.165, 1.54) is 0 Å². The number of carbonyl (C=O) groups is 3. The molecular weight excluding hydrogens is 396 g/mol. The molecule has 1 fully saturated rings. The molecule has 0 saturated carbocycles. The molecule has 0 spiro atoms. The molecule has 3 aromatic rings. The first kappa shape index (κ1) is 20.4. The first-order chi connectivity index (χ1) is 15.0. The second kappa shape index (κ2) is 8.87. The Labute approximate surface area is 179 Å². The zero-order chi connectivity index (χ0) is 21.8. The van der Waals surface area contributed by atoms with Crippen LogP contribution >= 0.6 is 0 Å². The van der Waals surface area contributed by atoms with Crippen molar-refractivity contribution in [3.63, 3.8) is 0 Å². The summed E-state index contributed by atoms with van der Waals surface area (Å²) in [5.74, 6) is -1.07. The van der Waals surface area contributed by atoms with Gasteiger partial charge in [0.05, 0.1) is 13.0 Å². The highest BCUT2D eigenvalue weighted by molar-refractivity contribution is 6.03. The SMILES string of the molecule is COc1ccc(N2C[C@@H](C(=O)OCC(=O)Nc3cccc4ccccc34)CC2=O)cc1. The molecule has 1 atom stereocenters. The number of benzene rings is 3. The Hall–Kier alpha value is -3.87. The molecule has 1 saturated heterocycles. The molecule has 2 amide bonds. The predicted molar refractivity (Wildman–Crippen MR) is 117 cm³/mol.